The zero-order valence-corrected chi connectivity index (χ0v) is 16.7. The summed E-state index contributed by atoms with van der Waals surface area (Å²) in [5, 5.41) is 13.5. The van der Waals surface area contributed by atoms with Crippen LogP contribution in [0.4, 0.5) is 0 Å². The fraction of sp³-hybridized carbons (Fsp3) is 0.429. The summed E-state index contributed by atoms with van der Waals surface area (Å²) in [6.07, 6.45) is 4.14. The van der Waals surface area contributed by atoms with E-state index in [-0.39, 0.29) is 6.42 Å². The molecule has 2 rings (SSSR count). The summed E-state index contributed by atoms with van der Waals surface area (Å²) in [4.78, 5) is 4.39. The second-order valence-corrected chi connectivity index (χ2v) is 6.89. The highest BCUT2D eigenvalue weighted by atomic mass is 35.5. The number of nitrogens with zero attached hydrogens (tertiary/aromatic N) is 2. The molecule has 0 aliphatic rings. The maximum atomic E-state index is 9.28. The summed E-state index contributed by atoms with van der Waals surface area (Å²) in [7, 11) is 0. The molecule has 0 spiro atoms. The molecule has 0 aliphatic carbocycles. The number of aromatic nitrogens is 1. The molecule has 1 heterocycles. The molecular weight excluding hydrogens is 346 g/mol. The summed E-state index contributed by atoms with van der Waals surface area (Å²) in [6, 6.07) is 8.39. The van der Waals surface area contributed by atoms with E-state index in [1.54, 1.807) is 6.20 Å². The molecule has 138 valence electrons. The number of hydrogen-bond donors (Lipinski definition) is 1. The summed E-state index contributed by atoms with van der Waals surface area (Å²) in [6.45, 7) is 8.95. The number of aryl methyl sites for hydroxylation is 2. The molecule has 26 heavy (non-hydrogen) atoms. The molecule has 0 fully saturated rings. The Balaban J connectivity index is 2.34. The van der Waals surface area contributed by atoms with Gasteiger partial charge in [-0.3, -0.25) is 0 Å². The second kappa shape index (κ2) is 9.56. The first kappa shape index (κ1) is 20.2. The van der Waals surface area contributed by atoms with E-state index in [4.69, 9.17) is 16.3 Å². The molecule has 1 aromatic carbocycles. The van der Waals surface area contributed by atoms with Crippen LogP contribution in [-0.2, 0) is 13.0 Å². The quantitative estimate of drug-likeness (QED) is 0.666. The summed E-state index contributed by atoms with van der Waals surface area (Å²) in [5.74, 6) is 1.23. The van der Waals surface area contributed by atoms with Crippen molar-refractivity contribution in [1.82, 2.24) is 10.3 Å². The largest absolute Gasteiger partial charge is 0.438 e. The van der Waals surface area contributed by atoms with Crippen LogP contribution in [0.25, 0.3) is 0 Å². The van der Waals surface area contributed by atoms with Gasteiger partial charge in [0.25, 0.3) is 0 Å². The molecule has 4 nitrogen and oxygen atoms in total. The van der Waals surface area contributed by atoms with Crippen molar-refractivity contribution in [1.29, 1.82) is 5.26 Å². The van der Waals surface area contributed by atoms with Crippen molar-refractivity contribution in [2.24, 2.45) is 0 Å². The molecule has 0 bridgehead atoms. The SMILES string of the molecule is CCC(CC)NCc1ccnc(Oc2c(C)cc(Cl)cc2C)c1CC#N. The Hall–Kier alpha value is -2.09. The third kappa shape index (κ3) is 4.97. The first-order chi connectivity index (χ1) is 12.5. The van der Waals surface area contributed by atoms with E-state index in [0.717, 1.165) is 40.8 Å². The number of nitrogens with one attached hydrogen (secondary N) is 1. The van der Waals surface area contributed by atoms with Gasteiger partial charge in [0.15, 0.2) is 0 Å². The van der Waals surface area contributed by atoms with Crippen LogP contribution in [-0.4, -0.2) is 11.0 Å². The lowest BCUT2D eigenvalue weighted by Crippen LogP contribution is -2.27. The van der Waals surface area contributed by atoms with Crippen molar-refractivity contribution in [3.8, 4) is 17.7 Å². The van der Waals surface area contributed by atoms with Gasteiger partial charge in [0.1, 0.15) is 5.75 Å². The molecule has 2 aromatic rings. The standard InChI is InChI=1S/C21H26ClN3O/c1-5-18(6-2)25-13-16-8-10-24-21(19(16)7-9-23)26-20-14(3)11-17(22)12-15(20)4/h8,10-12,18,25H,5-7,13H2,1-4H3. The highest BCUT2D eigenvalue weighted by molar-refractivity contribution is 6.30. The van der Waals surface area contributed by atoms with Crippen molar-refractivity contribution in [3.05, 3.63) is 51.7 Å². The number of benzene rings is 1. The normalized spacial score (nSPS) is 10.8. The lowest BCUT2D eigenvalue weighted by atomic mass is 10.1. The van der Waals surface area contributed by atoms with Crippen LogP contribution in [0.2, 0.25) is 5.02 Å². The molecule has 0 saturated carbocycles. The minimum atomic E-state index is 0.259. The highest BCUT2D eigenvalue weighted by Crippen LogP contribution is 2.33. The van der Waals surface area contributed by atoms with Crippen LogP contribution in [0, 0.1) is 25.2 Å². The second-order valence-electron chi connectivity index (χ2n) is 6.45. The van der Waals surface area contributed by atoms with Crippen molar-refractivity contribution >= 4 is 11.6 Å². The first-order valence-electron chi connectivity index (χ1n) is 9.01. The van der Waals surface area contributed by atoms with Gasteiger partial charge in [-0.2, -0.15) is 5.26 Å². The fourth-order valence-electron chi connectivity index (χ4n) is 3.02. The van der Waals surface area contributed by atoms with Gasteiger partial charge in [-0.1, -0.05) is 25.4 Å². The van der Waals surface area contributed by atoms with Crippen LogP contribution < -0.4 is 10.1 Å². The molecule has 0 saturated heterocycles. The average Bonchev–Trinajstić information content (AvgIpc) is 2.61. The Morgan fingerprint density at radius 2 is 1.88 bits per heavy atom. The van der Waals surface area contributed by atoms with Gasteiger partial charge in [0.05, 0.1) is 12.5 Å². The maximum absolute atomic E-state index is 9.28. The van der Waals surface area contributed by atoms with Crippen molar-refractivity contribution in [2.45, 2.75) is 59.5 Å². The Labute approximate surface area is 161 Å². The summed E-state index contributed by atoms with van der Waals surface area (Å²) in [5.41, 5.74) is 3.77. The number of hydrogen-bond acceptors (Lipinski definition) is 4. The zero-order chi connectivity index (χ0) is 19.1. The predicted octanol–water partition coefficient (Wildman–Crippen LogP) is 5.49. The van der Waals surface area contributed by atoms with Gasteiger partial charge in [-0.15, -0.1) is 0 Å². The van der Waals surface area contributed by atoms with Crippen LogP contribution in [0.3, 0.4) is 0 Å². The summed E-state index contributed by atoms with van der Waals surface area (Å²) < 4.78 is 6.13. The number of rotatable bonds is 8. The van der Waals surface area contributed by atoms with E-state index in [1.165, 1.54) is 0 Å². The first-order valence-corrected chi connectivity index (χ1v) is 9.39. The third-order valence-corrected chi connectivity index (χ3v) is 4.78. The minimum absolute atomic E-state index is 0.259. The average molecular weight is 372 g/mol. The Kier molecular flexibility index (Phi) is 7.44. The molecule has 5 heteroatoms. The van der Waals surface area contributed by atoms with Crippen molar-refractivity contribution in [3.63, 3.8) is 0 Å². The Morgan fingerprint density at radius 3 is 2.46 bits per heavy atom. The highest BCUT2D eigenvalue weighted by Gasteiger charge is 2.15. The van der Waals surface area contributed by atoms with E-state index in [0.29, 0.717) is 23.5 Å². The molecule has 0 amide bonds. The maximum Gasteiger partial charge on any atom is 0.223 e. The van der Waals surface area contributed by atoms with E-state index in [1.807, 2.05) is 32.0 Å². The van der Waals surface area contributed by atoms with Gasteiger partial charge in [0, 0.05) is 29.4 Å². The van der Waals surface area contributed by atoms with Crippen molar-refractivity contribution < 1.29 is 4.74 Å². The van der Waals surface area contributed by atoms with Crippen LogP contribution in [0.1, 0.15) is 48.9 Å². The Morgan fingerprint density at radius 1 is 1.23 bits per heavy atom. The number of pyridine rings is 1. The van der Waals surface area contributed by atoms with Crippen LogP contribution in [0.15, 0.2) is 24.4 Å². The van der Waals surface area contributed by atoms with Gasteiger partial charge < -0.3 is 10.1 Å². The molecular formula is C21H26ClN3O. The Bertz CT molecular complexity index is 771. The van der Waals surface area contributed by atoms with Gasteiger partial charge in [-0.05, 0) is 61.6 Å². The monoisotopic (exact) mass is 371 g/mol. The van der Waals surface area contributed by atoms with Gasteiger partial charge in [0.2, 0.25) is 5.88 Å². The van der Waals surface area contributed by atoms with E-state index >= 15 is 0 Å². The van der Waals surface area contributed by atoms with Crippen molar-refractivity contribution in [2.75, 3.05) is 0 Å². The fourth-order valence-corrected chi connectivity index (χ4v) is 3.35. The molecule has 1 aromatic heterocycles. The van der Waals surface area contributed by atoms with E-state index < -0.39 is 0 Å². The van der Waals surface area contributed by atoms with Gasteiger partial charge >= 0.3 is 0 Å². The molecule has 0 atom stereocenters. The smallest absolute Gasteiger partial charge is 0.223 e. The number of ether oxygens (including phenoxy) is 1. The predicted molar refractivity (Wildman–Crippen MR) is 106 cm³/mol. The zero-order valence-electron chi connectivity index (χ0n) is 15.9. The van der Waals surface area contributed by atoms with Gasteiger partial charge in [-0.25, -0.2) is 4.98 Å². The molecule has 0 aliphatic heterocycles. The van der Waals surface area contributed by atoms with Crippen LogP contribution in [0.5, 0.6) is 11.6 Å². The van der Waals surface area contributed by atoms with Crippen LogP contribution >= 0.6 is 11.6 Å². The molecule has 0 radical (unpaired) electrons. The third-order valence-electron chi connectivity index (χ3n) is 4.56. The lowest BCUT2D eigenvalue weighted by molar-refractivity contribution is 0.446. The van der Waals surface area contributed by atoms with E-state index in [2.05, 4.69) is 30.2 Å². The summed E-state index contributed by atoms with van der Waals surface area (Å²) >= 11 is 6.11. The van der Waals surface area contributed by atoms with E-state index in [9.17, 15) is 5.26 Å². The molecule has 1 N–H and O–H groups in total. The molecule has 0 unspecified atom stereocenters. The number of halogens is 1. The minimum Gasteiger partial charge on any atom is -0.438 e. The number of nitriles is 1. The topological polar surface area (TPSA) is 57.9 Å². The lowest BCUT2D eigenvalue weighted by Gasteiger charge is -2.18.